The van der Waals surface area contributed by atoms with E-state index in [4.69, 9.17) is 23.2 Å². The average molecular weight is 255 g/mol. The van der Waals surface area contributed by atoms with Gasteiger partial charge in [-0.15, -0.1) is 0 Å². The number of halogens is 2. The van der Waals surface area contributed by atoms with Gasteiger partial charge in [0.05, 0.1) is 5.02 Å². The van der Waals surface area contributed by atoms with E-state index in [0.29, 0.717) is 11.0 Å². The van der Waals surface area contributed by atoms with Crippen LogP contribution in [-0.2, 0) is 0 Å². The molecule has 86 valence electrons. The first kappa shape index (κ1) is 12.0. The summed E-state index contributed by atoms with van der Waals surface area (Å²) in [5.41, 5.74) is 2.13. The van der Waals surface area contributed by atoms with Crippen LogP contribution in [0.4, 0.5) is 0 Å². The highest BCUT2D eigenvalue weighted by atomic mass is 35.5. The van der Waals surface area contributed by atoms with Gasteiger partial charge in [0.15, 0.2) is 0 Å². The zero-order chi connectivity index (χ0) is 11.5. The molecule has 1 fully saturated rings. The Morgan fingerprint density at radius 3 is 2.50 bits per heavy atom. The lowest BCUT2D eigenvalue weighted by Gasteiger charge is -2.23. The summed E-state index contributed by atoms with van der Waals surface area (Å²) in [5.74, 6) is 0.609. The van der Waals surface area contributed by atoms with E-state index in [9.17, 15) is 0 Å². The van der Waals surface area contributed by atoms with Crippen molar-refractivity contribution < 1.29 is 0 Å². The van der Waals surface area contributed by atoms with Crippen LogP contribution in [-0.4, -0.2) is 0 Å². The van der Waals surface area contributed by atoms with Gasteiger partial charge in [0.25, 0.3) is 0 Å². The van der Waals surface area contributed by atoms with Gasteiger partial charge < -0.3 is 0 Å². The molecule has 0 bridgehead atoms. The minimum absolute atomic E-state index is 0.530. The molecule has 1 aromatic rings. The van der Waals surface area contributed by atoms with Gasteiger partial charge in [-0.1, -0.05) is 67.2 Å². The second kappa shape index (κ2) is 5.25. The van der Waals surface area contributed by atoms with Crippen LogP contribution >= 0.6 is 23.2 Å². The minimum atomic E-state index is 0.530. The molecule has 0 unspecified atom stereocenters. The molecule has 1 saturated carbocycles. The molecule has 16 heavy (non-hydrogen) atoms. The fraction of sp³-hybridized carbons (Fsp3) is 0.429. The van der Waals surface area contributed by atoms with Crippen molar-refractivity contribution in [3.8, 4) is 0 Å². The predicted molar refractivity (Wildman–Crippen MR) is 72.2 cm³/mol. The maximum absolute atomic E-state index is 6.39. The van der Waals surface area contributed by atoms with Gasteiger partial charge in [-0.05, 0) is 24.3 Å². The molecular weight excluding hydrogens is 239 g/mol. The molecule has 0 heterocycles. The Balaban J connectivity index is 2.33. The molecule has 1 aromatic carbocycles. The Kier molecular flexibility index (Phi) is 3.94. The topological polar surface area (TPSA) is 0 Å². The fourth-order valence-corrected chi connectivity index (χ4v) is 3.09. The third-order valence-corrected chi connectivity index (χ3v) is 3.99. The van der Waals surface area contributed by atoms with Gasteiger partial charge >= 0.3 is 0 Å². The largest absolute Gasteiger partial charge is 0.0843 e. The highest BCUT2D eigenvalue weighted by molar-refractivity contribution is 6.50. The van der Waals surface area contributed by atoms with Crippen LogP contribution in [0.25, 0.3) is 5.03 Å². The Hall–Kier alpha value is -0.460. The smallest absolute Gasteiger partial charge is 0.0527 e. The first-order chi connectivity index (χ1) is 7.70. The van der Waals surface area contributed by atoms with Crippen LogP contribution in [0.15, 0.2) is 24.8 Å². The molecule has 0 saturated heterocycles. The molecular formula is C14H16Cl2. The van der Waals surface area contributed by atoms with Crippen molar-refractivity contribution in [2.75, 3.05) is 0 Å². The molecule has 1 aliphatic carbocycles. The van der Waals surface area contributed by atoms with Crippen LogP contribution in [0.3, 0.4) is 0 Å². The standard InChI is InChI=1S/C14H16Cl2/c1-10(15)12-8-5-9-13(14(12)16)11-6-3-2-4-7-11/h5,8-9,11H,1-4,6-7H2. The predicted octanol–water partition coefficient (Wildman–Crippen LogP) is 5.60. The van der Waals surface area contributed by atoms with Crippen LogP contribution in [0, 0.1) is 0 Å². The summed E-state index contributed by atoms with van der Waals surface area (Å²) in [5, 5.41) is 1.33. The zero-order valence-corrected chi connectivity index (χ0v) is 10.8. The summed E-state index contributed by atoms with van der Waals surface area (Å²) in [6.07, 6.45) is 6.48. The SMILES string of the molecule is C=C(Cl)c1cccc(C2CCCCC2)c1Cl. The van der Waals surface area contributed by atoms with Crippen LogP contribution in [0.2, 0.25) is 5.02 Å². The summed E-state index contributed by atoms with van der Waals surface area (Å²) in [6.45, 7) is 3.75. The Morgan fingerprint density at radius 2 is 1.88 bits per heavy atom. The molecule has 1 aliphatic rings. The molecule has 0 N–H and O–H groups in total. The van der Waals surface area contributed by atoms with Crippen LogP contribution in [0.1, 0.15) is 49.1 Å². The Bertz CT molecular complexity index is 390. The maximum Gasteiger partial charge on any atom is 0.0527 e. The molecule has 0 aliphatic heterocycles. The summed E-state index contributed by atoms with van der Waals surface area (Å²) in [4.78, 5) is 0. The van der Waals surface area contributed by atoms with Crippen LogP contribution < -0.4 is 0 Å². The van der Waals surface area contributed by atoms with Gasteiger partial charge in [-0.25, -0.2) is 0 Å². The van der Waals surface area contributed by atoms with Gasteiger partial charge in [0.2, 0.25) is 0 Å². The molecule has 0 amide bonds. The summed E-state index contributed by atoms with van der Waals surface area (Å²) >= 11 is 12.3. The van der Waals surface area contributed by atoms with E-state index in [1.165, 1.54) is 37.7 Å². The fourth-order valence-electron chi connectivity index (χ4n) is 2.49. The van der Waals surface area contributed by atoms with E-state index in [0.717, 1.165) is 10.6 Å². The molecule has 2 heteroatoms. The summed E-state index contributed by atoms with van der Waals surface area (Å²) in [6, 6.07) is 6.09. The van der Waals surface area contributed by atoms with Crippen molar-refractivity contribution >= 4 is 28.2 Å². The number of benzene rings is 1. The highest BCUT2D eigenvalue weighted by Gasteiger charge is 2.19. The van der Waals surface area contributed by atoms with E-state index >= 15 is 0 Å². The van der Waals surface area contributed by atoms with E-state index in [1.54, 1.807) is 0 Å². The quantitative estimate of drug-likeness (QED) is 0.645. The van der Waals surface area contributed by atoms with E-state index in [1.807, 2.05) is 12.1 Å². The molecule has 0 nitrogen and oxygen atoms in total. The molecule has 0 aromatic heterocycles. The van der Waals surface area contributed by atoms with Crippen molar-refractivity contribution in [3.05, 3.63) is 40.9 Å². The minimum Gasteiger partial charge on any atom is -0.0843 e. The third-order valence-electron chi connectivity index (χ3n) is 3.37. The molecule has 0 radical (unpaired) electrons. The van der Waals surface area contributed by atoms with E-state index < -0.39 is 0 Å². The monoisotopic (exact) mass is 254 g/mol. The van der Waals surface area contributed by atoms with Crippen molar-refractivity contribution in [2.24, 2.45) is 0 Å². The second-order valence-corrected chi connectivity index (χ2v) is 5.28. The lowest BCUT2D eigenvalue weighted by atomic mass is 9.83. The van der Waals surface area contributed by atoms with Crippen molar-refractivity contribution in [3.63, 3.8) is 0 Å². The molecule has 2 rings (SSSR count). The Morgan fingerprint density at radius 1 is 1.19 bits per heavy atom. The van der Waals surface area contributed by atoms with Gasteiger partial charge in [-0.2, -0.15) is 0 Å². The second-order valence-electron chi connectivity index (χ2n) is 4.45. The van der Waals surface area contributed by atoms with E-state index in [-0.39, 0.29) is 0 Å². The van der Waals surface area contributed by atoms with Gasteiger partial charge in [-0.3, -0.25) is 0 Å². The maximum atomic E-state index is 6.39. The summed E-state index contributed by atoms with van der Waals surface area (Å²) in [7, 11) is 0. The number of rotatable bonds is 2. The highest BCUT2D eigenvalue weighted by Crippen LogP contribution is 2.39. The van der Waals surface area contributed by atoms with Crippen molar-refractivity contribution in [1.29, 1.82) is 0 Å². The normalized spacial score (nSPS) is 17.4. The lowest BCUT2D eigenvalue weighted by Crippen LogP contribution is -2.05. The molecule has 0 atom stereocenters. The van der Waals surface area contributed by atoms with Crippen molar-refractivity contribution in [1.82, 2.24) is 0 Å². The Labute approximate surface area is 107 Å². The zero-order valence-electron chi connectivity index (χ0n) is 9.31. The van der Waals surface area contributed by atoms with Crippen molar-refractivity contribution in [2.45, 2.75) is 38.0 Å². The first-order valence-electron chi connectivity index (χ1n) is 5.83. The average Bonchev–Trinajstić information content (AvgIpc) is 2.30. The lowest BCUT2D eigenvalue weighted by molar-refractivity contribution is 0.443. The number of hydrogen-bond acceptors (Lipinski definition) is 0. The van der Waals surface area contributed by atoms with Crippen LogP contribution in [0.5, 0.6) is 0 Å². The first-order valence-corrected chi connectivity index (χ1v) is 6.59. The van der Waals surface area contributed by atoms with Gasteiger partial charge in [0.1, 0.15) is 0 Å². The third kappa shape index (κ3) is 2.44. The summed E-state index contributed by atoms with van der Waals surface area (Å²) < 4.78 is 0. The number of hydrogen-bond donors (Lipinski definition) is 0. The van der Waals surface area contributed by atoms with E-state index in [2.05, 4.69) is 12.6 Å². The van der Waals surface area contributed by atoms with Gasteiger partial charge in [0, 0.05) is 10.6 Å². The molecule has 0 spiro atoms.